The molecule has 64 valence electrons. The Hall–Kier alpha value is -0.730. The summed E-state index contributed by atoms with van der Waals surface area (Å²) in [6.07, 6.45) is 2.05. The third-order valence-electron chi connectivity index (χ3n) is 1.72. The number of ether oxygens (including phenoxy) is 1. The van der Waals surface area contributed by atoms with E-state index in [4.69, 9.17) is 4.74 Å². The minimum absolute atomic E-state index is 0.0105. The van der Waals surface area contributed by atoms with Crippen molar-refractivity contribution in [2.45, 2.75) is 38.8 Å². The molecule has 1 amide bonds. The van der Waals surface area contributed by atoms with Gasteiger partial charge in [0.1, 0.15) is 0 Å². The van der Waals surface area contributed by atoms with Crippen LogP contribution in [0.4, 0.5) is 4.79 Å². The van der Waals surface area contributed by atoms with E-state index >= 15 is 0 Å². The Morgan fingerprint density at radius 3 is 2.45 bits per heavy atom. The average molecular weight is 157 g/mol. The standard InChI is InChI=1S/C8H15NO2/c1-6(2)11-8(10)9(3)7-4-5-7/h6-7H,4-5H2,1-3H3. The average Bonchev–Trinajstić information content (AvgIpc) is 2.65. The highest BCUT2D eigenvalue weighted by Crippen LogP contribution is 2.25. The van der Waals surface area contributed by atoms with Gasteiger partial charge in [-0.1, -0.05) is 0 Å². The maximum atomic E-state index is 11.1. The van der Waals surface area contributed by atoms with Gasteiger partial charge in [0.15, 0.2) is 0 Å². The van der Waals surface area contributed by atoms with E-state index in [9.17, 15) is 4.79 Å². The fraction of sp³-hybridized carbons (Fsp3) is 0.875. The molecule has 1 saturated carbocycles. The first-order chi connectivity index (χ1) is 5.11. The van der Waals surface area contributed by atoms with Gasteiger partial charge >= 0.3 is 6.09 Å². The van der Waals surface area contributed by atoms with Crippen molar-refractivity contribution in [1.29, 1.82) is 0 Å². The van der Waals surface area contributed by atoms with Crippen molar-refractivity contribution in [3.05, 3.63) is 0 Å². The van der Waals surface area contributed by atoms with Crippen LogP contribution in [0.1, 0.15) is 26.7 Å². The second kappa shape index (κ2) is 3.11. The Balaban J connectivity index is 2.27. The quantitative estimate of drug-likeness (QED) is 0.609. The van der Waals surface area contributed by atoms with E-state index in [1.165, 1.54) is 0 Å². The molecule has 0 heterocycles. The first kappa shape index (κ1) is 8.37. The fourth-order valence-electron chi connectivity index (χ4n) is 0.896. The van der Waals surface area contributed by atoms with Crippen molar-refractivity contribution >= 4 is 6.09 Å². The third kappa shape index (κ3) is 2.41. The molecule has 3 nitrogen and oxygen atoms in total. The molecule has 3 heteroatoms. The zero-order valence-corrected chi connectivity index (χ0v) is 7.33. The molecule has 0 atom stereocenters. The van der Waals surface area contributed by atoms with Crippen LogP contribution in [-0.2, 0) is 4.74 Å². The third-order valence-corrected chi connectivity index (χ3v) is 1.72. The summed E-state index contributed by atoms with van der Waals surface area (Å²) in [7, 11) is 1.79. The molecule has 1 aliphatic rings. The number of nitrogens with zero attached hydrogens (tertiary/aromatic N) is 1. The number of carbonyl (C=O) groups is 1. The van der Waals surface area contributed by atoms with Gasteiger partial charge < -0.3 is 9.64 Å². The van der Waals surface area contributed by atoms with Crippen molar-refractivity contribution < 1.29 is 9.53 Å². The van der Waals surface area contributed by atoms with Gasteiger partial charge in [-0.25, -0.2) is 4.79 Å². The molecule has 0 bridgehead atoms. The van der Waals surface area contributed by atoms with Crippen LogP contribution in [0.2, 0.25) is 0 Å². The second-order valence-corrected chi connectivity index (χ2v) is 3.27. The Labute approximate surface area is 67.3 Å². The molecule has 0 unspecified atom stereocenters. The normalized spacial score (nSPS) is 16.7. The number of rotatable bonds is 2. The zero-order valence-electron chi connectivity index (χ0n) is 7.33. The zero-order chi connectivity index (χ0) is 8.43. The van der Waals surface area contributed by atoms with Gasteiger partial charge in [-0.3, -0.25) is 0 Å². The van der Waals surface area contributed by atoms with Gasteiger partial charge in [0.05, 0.1) is 6.10 Å². The van der Waals surface area contributed by atoms with Gasteiger partial charge in [-0.05, 0) is 26.7 Å². The van der Waals surface area contributed by atoms with E-state index in [1.807, 2.05) is 13.8 Å². The lowest BCUT2D eigenvalue weighted by molar-refractivity contribution is 0.0822. The molecule has 0 radical (unpaired) electrons. The Kier molecular flexibility index (Phi) is 2.37. The maximum absolute atomic E-state index is 11.1. The lowest BCUT2D eigenvalue weighted by atomic mass is 10.5. The highest BCUT2D eigenvalue weighted by atomic mass is 16.6. The lowest BCUT2D eigenvalue weighted by Crippen LogP contribution is -2.31. The van der Waals surface area contributed by atoms with Crippen LogP contribution >= 0.6 is 0 Å². The molecule has 0 aromatic carbocycles. The van der Waals surface area contributed by atoms with Gasteiger partial charge in [0, 0.05) is 13.1 Å². The summed E-state index contributed by atoms with van der Waals surface area (Å²) in [5.74, 6) is 0. The first-order valence-electron chi connectivity index (χ1n) is 4.04. The lowest BCUT2D eigenvalue weighted by Gasteiger charge is -2.17. The number of amides is 1. The number of hydrogen-bond acceptors (Lipinski definition) is 2. The van der Waals surface area contributed by atoms with Gasteiger partial charge in [0.2, 0.25) is 0 Å². The molecule has 0 saturated heterocycles. The minimum Gasteiger partial charge on any atom is -0.447 e. The van der Waals surface area contributed by atoms with Crippen LogP contribution in [0, 0.1) is 0 Å². The molecule has 1 aliphatic carbocycles. The van der Waals surface area contributed by atoms with Crippen LogP contribution in [0.25, 0.3) is 0 Å². The predicted octanol–water partition coefficient (Wildman–Crippen LogP) is 1.63. The van der Waals surface area contributed by atoms with Crippen molar-refractivity contribution in [3.8, 4) is 0 Å². The van der Waals surface area contributed by atoms with Crippen LogP contribution < -0.4 is 0 Å². The van der Waals surface area contributed by atoms with Crippen LogP contribution in [-0.4, -0.2) is 30.2 Å². The van der Waals surface area contributed by atoms with Crippen LogP contribution in [0.5, 0.6) is 0 Å². The summed E-state index contributed by atoms with van der Waals surface area (Å²) < 4.78 is 5.00. The van der Waals surface area contributed by atoms with Gasteiger partial charge in [-0.15, -0.1) is 0 Å². The summed E-state index contributed by atoms with van der Waals surface area (Å²) in [6, 6.07) is 0.446. The van der Waals surface area contributed by atoms with Crippen molar-refractivity contribution in [1.82, 2.24) is 4.90 Å². The number of hydrogen-bond donors (Lipinski definition) is 0. The topological polar surface area (TPSA) is 29.5 Å². The summed E-state index contributed by atoms with van der Waals surface area (Å²) >= 11 is 0. The maximum Gasteiger partial charge on any atom is 0.410 e. The summed E-state index contributed by atoms with van der Waals surface area (Å²) in [6.45, 7) is 3.72. The molecule has 1 rings (SSSR count). The molecule has 0 spiro atoms. The monoisotopic (exact) mass is 157 g/mol. The predicted molar refractivity (Wildman–Crippen MR) is 42.4 cm³/mol. The molecule has 0 aromatic rings. The van der Waals surface area contributed by atoms with Crippen molar-refractivity contribution in [2.24, 2.45) is 0 Å². The molecular formula is C8H15NO2. The highest BCUT2D eigenvalue weighted by molar-refractivity contribution is 5.68. The van der Waals surface area contributed by atoms with Gasteiger partial charge in [-0.2, -0.15) is 0 Å². The minimum atomic E-state index is -0.192. The molecule has 0 aliphatic heterocycles. The smallest absolute Gasteiger partial charge is 0.410 e. The second-order valence-electron chi connectivity index (χ2n) is 3.27. The summed E-state index contributed by atoms with van der Waals surface area (Å²) in [4.78, 5) is 12.8. The Bertz CT molecular complexity index is 152. The van der Waals surface area contributed by atoms with E-state index in [2.05, 4.69) is 0 Å². The molecule has 1 fully saturated rings. The molecular weight excluding hydrogens is 142 g/mol. The van der Waals surface area contributed by atoms with E-state index in [-0.39, 0.29) is 12.2 Å². The highest BCUT2D eigenvalue weighted by Gasteiger charge is 2.30. The Morgan fingerprint density at radius 1 is 1.55 bits per heavy atom. The van der Waals surface area contributed by atoms with Crippen molar-refractivity contribution in [3.63, 3.8) is 0 Å². The van der Waals surface area contributed by atoms with E-state index in [1.54, 1.807) is 11.9 Å². The SMILES string of the molecule is CC(C)OC(=O)N(C)C1CC1. The fourth-order valence-corrected chi connectivity index (χ4v) is 0.896. The van der Waals surface area contributed by atoms with E-state index < -0.39 is 0 Å². The summed E-state index contributed by atoms with van der Waals surface area (Å²) in [5.41, 5.74) is 0. The van der Waals surface area contributed by atoms with Crippen LogP contribution in [0.3, 0.4) is 0 Å². The first-order valence-corrected chi connectivity index (χ1v) is 4.04. The summed E-state index contributed by atoms with van der Waals surface area (Å²) in [5, 5.41) is 0. The number of carbonyl (C=O) groups excluding carboxylic acids is 1. The molecule has 0 aromatic heterocycles. The van der Waals surface area contributed by atoms with E-state index in [0.717, 1.165) is 12.8 Å². The molecule has 11 heavy (non-hydrogen) atoms. The molecule has 0 N–H and O–H groups in total. The van der Waals surface area contributed by atoms with Crippen LogP contribution in [0.15, 0.2) is 0 Å². The largest absolute Gasteiger partial charge is 0.447 e. The van der Waals surface area contributed by atoms with Gasteiger partial charge in [0.25, 0.3) is 0 Å². The van der Waals surface area contributed by atoms with E-state index in [0.29, 0.717) is 6.04 Å². The van der Waals surface area contributed by atoms with Crippen molar-refractivity contribution in [2.75, 3.05) is 7.05 Å². The Morgan fingerprint density at radius 2 is 2.09 bits per heavy atom.